The highest BCUT2D eigenvalue weighted by Crippen LogP contribution is 2.20. The lowest BCUT2D eigenvalue weighted by Crippen LogP contribution is -2.06. The van der Waals surface area contributed by atoms with Gasteiger partial charge >= 0.3 is 0 Å². The minimum atomic E-state index is -0.255. The summed E-state index contributed by atoms with van der Waals surface area (Å²) < 4.78 is 18.4. The van der Waals surface area contributed by atoms with E-state index in [1.807, 2.05) is 0 Å². The van der Waals surface area contributed by atoms with E-state index in [1.54, 1.807) is 12.1 Å². The third-order valence-corrected chi connectivity index (χ3v) is 2.02. The first-order valence-corrected chi connectivity index (χ1v) is 5.00. The van der Waals surface area contributed by atoms with Crippen LogP contribution >= 0.6 is 0 Å². The lowest BCUT2D eigenvalue weighted by molar-refractivity contribution is 0.321. The molecule has 82 valence electrons. The topological polar surface area (TPSA) is 35.2 Å². The molecule has 0 aliphatic carbocycles. The van der Waals surface area contributed by atoms with Gasteiger partial charge < -0.3 is 10.5 Å². The Morgan fingerprint density at radius 2 is 2.27 bits per heavy atom. The fourth-order valence-electron chi connectivity index (χ4n) is 1.29. The molecule has 0 aliphatic rings. The Morgan fingerprint density at radius 3 is 2.93 bits per heavy atom. The third-order valence-electron chi connectivity index (χ3n) is 2.02. The van der Waals surface area contributed by atoms with Crippen LogP contribution in [0.15, 0.2) is 30.9 Å². The van der Waals surface area contributed by atoms with Crippen LogP contribution in [0.3, 0.4) is 0 Å². The molecule has 2 N–H and O–H groups in total. The van der Waals surface area contributed by atoms with Gasteiger partial charge in [-0.15, -0.1) is 6.58 Å². The van der Waals surface area contributed by atoms with E-state index in [-0.39, 0.29) is 5.82 Å². The summed E-state index contributed by atoms with van der Waals surface area (Å²) in [5.41, 5.74) is 6.26. The second kappa shape index (κ2) is 6.19. The lowest BCUT2D eigenvalue weighted by Gasteiger charge is -2.10. The summed E-state index contributed by atoms with van der Waals surface area (Å²) in [5, 5.41) is 0. The standard InChI is InChI=1S/C12H16FNO/c1-2-3-8-15-12-5-4-11(13)9-10(12)6-7-14/h2,4-5,9H,1,3,6-8,14H2. The maximum atomic E-state index is 12.9. The van der Waals surface area contributed by atoms with Gasteiger partial charge in [-0.1, -0.05) is 6.08 Å². The molecule has 0 saturated heterocycles. The van der Waals surface area contributed by atoms with Gasteiger partial charge in [0, 0.05) is 0 Å². The van der Waals surface area contributed by atoms with Crippen LogP contribution in [0.2, 0.25) is 0 Å². The van der Waals surface area contributed by atoms with E-state index < -0.39 is 0 Å². The Bertz CT molecular complexity index is 325. The second-order valence-corrected chi connectivity index (χ2v) is 3.22. The molecule has 0 saturated carbocycles. The van der Waals surface area contributed by atoms with E-state index in [0.29, 0.717) is 25.3 Å². The smallest absolute Gasteiger partial charge is 0.123 e. The Hall–Kier alpha value is -1.35. The molecule has 1 aromatic carbocycles. The number of hydrogen-bond donors (Lipinski definition) is 1. The predicted molar refractivity (Wildman–Crippen MR) is 59.5 cm³/mol. The quantitative estimate of drug-likeness (QED) is 0.576. The summed E-state index contributed by atoms with van der Waals surface area (Å²) in [7, 11) is 0. The molecule has 0 radical (unpaired) electrons. The van der Waals surface area contributed by atoms with Crippen LogP contribution in [-0.2, 0) is 6.42 Å². The van der Waals surface area contributed by atoms with Crippen molar-refractivity contribution in [3.05, 3.63) is 42.2 Å². The summed E-state index contributed by atoms with van der Waals surface area (Å²) >= 11 is 0. The first-order valence-electron chi connectivity index (χ1n) is 5.00. The SMILES string of the molecule is C=CCCOc1ccc(F)cc1CCN. The van der Waals surface area contributed by atoms with Gasteiger partial charge in [-0.05, 0) is 43.1 Å². The van der Waals surface area contributed by atoms with Crippen LogP contribution in [0.1, 0.15) is 12.0 Å². The Labute approximate surface area is 89.6 Å². The number of benzene rings is 1. The summed E-state index contributed by atoms with van der Waals surface area (Å²) in [5.74, 6) is 0.457. The van der Waals surface area contributed by atoms with Crippen molar-refractivity contribution in [3.63, 3.8) is 0 Å². The molecule has 15 heavy (non-hydrogen) atoms. The highest BCUT2D eigenvalue weighted by molar-refractivity contribution is 5.34. The van der Waals surface area contributed by atoms with Gasteiger partial charge in [0.1, 0.15) is 11.6 Å². The first kappa shape index (κ1) is 11.7. The van der Waals surface area contributed by atoms with E-state index in [9.17, 15) is 4.39 Å². The second-order valence-electron chi connectivity index (χ2n) is 3.22. The van der Waals surface area contributed by atoms with Crippen molar-refractivity contribution in [1.82, 2.24) is 0 Å². The van der Waals surface area contributed by atoms with Crippen molar-refractivity contribution in [2.45, 2.75) is 12.8 Å². The van der Waals surface area contributed by atoms with Crippen molar-refractivity contribution in [3.8, 4) is 5.75 Å². The molecule has 0 unspecified atom stereocenters. The van der Waals surface area contributed by atoms with E-state index in [0.717, 1.165) is 12.0 Å². The molecule has 0 aliphatic heterocycles. The molecule has 3 heteroatoms. The van der Waals surface area contributed by atoms with Gasteiger partial charge in [-0.2, -0.15) is 0 Å². The number of halogens is 1. The number of nitrogens with two attached hydrogens (primary N) is 1. The van der Waals surface area contributed by atoms with Crippen LogP contribution in [0.4, 0.5) is 4.39 Å². The van der Waals surface area contributed by atoms with Gasteiger partial charge in [0.2, 0.25) is 0 Å². The van der Waals surface area contributed by atoms with Crippen molar-refractivity contribution < 1.29 is 9.13 Å². The monoisotopic (exact) mass is 209 g/mol. The van der Waals surface area contributed by atoms with Crippen LogP contribution in [0.5, 0.6) is 5.75 Å². The molecule has 0 bridgehead atoms. The fraction of sp³-hybridized carbons (Fsp3) is 0.333. The minimum absolute atomic E-state index is 0.255. The molecule has 0 amide bonds. The Morgan fingerprint density at radius 1 is 1.47 bits per heavy atom. The molecule has 0 atom stereocenters. The van der Waals surface area contributed by atoms with Gasteiger partial charge in [-0.3, -0.25) is 0 Å². The van der Waals surface area contributed by atoms with Gasteiger partial charge in [0.25, 0.3) is 0 Å². The molecule has 2 nitrogen and oxygen atoms in total. The van der Waals surface area contributed by atoms with E-state index in [2.05, 4.69) is 6.58 Å². The zero-order valence-corrected chi connectivity index (χ0v) is 8.71. The van der Waals surface area contributed by atoms with Crippen LogP contribution in [0, 0.1) is 5.82 Å². The average molecular weight is 209 g/mol. The van der Waals surface area contributed by atoms with E-state index >= 15 is 0 Å². The van der Waals surface area contributed by atoms with Crippen LogP contribution in [0.25, 0.3) is 0 Å². The fourth-order valence-corrected chi connectivity index (χ4v) is 1.29. The normalized spacial score (nSPS) is 10.0. The molecule has 0 aromatic heterocycles. The van der Waals surface area contributed by atoms with Gasteiger partial charge in [0.05, 0.1) is 6.61 Å². The number of hydrogen-bond acceptors (Lipinski definition) is 2. The lowest BCUT2D eigenvalue weighted by atomic mass is 10.1. The molecule has 0 heterocycles. The minimum Gasteiger partial charge on any atom is -0.493 e. The van der Waals surface area contributed by atoms with Crippen molar-refractivity contribution in [1.29, 1.82) is 0 Å². The molecule has 1 rings (SSSR count). The summed E-state index contributed by atoms with van der Waals surface area (Å²) in [6.45, 7) is 4.65. The highest BCUT2D eigenvalue weighted by atomic mass is 19.1. The largest absolute Gasteiger partial charge is 0.493 e. The Balaban J connectivity index is 2.71. The Kier molecular flexibility index (Phi) is 4.84. The first-order chi connectivity index (χ1) is 7.27. The van der Waals surface area contributed by atoms with Crippen LogP contribution < -0.4 is 10.5 Å². The molecule has 1 aromatic rings. The predicted octanol–water partition coefficient (Wildman–Crippen LogP) is 2.28. The maximum Gasteiger partial charge on any atom is 0.123 e. The molecule has 0 fully saturated rings. The maximum absolute atomic E-state index is 12.9. The third kappa shape index (κ3) is 3.72. The van der Waals surface area contributed by atoms with Crippen molar-refractivity contribution in [2.24, 2.45) is 5.73 Å². The molecular weight excluding hydrogens is 193 g/mol. The zero-order valence-electron chi connectivity index (χ0n) is 8.71. The molecular formula is C12H16FNO. The summed E-state index contributed by atoms with van der Waals surface area (Å²) in [6.07, 6.45) is 3.19. The van der Waals surface area contributed by atoms with Crippen molar-refractivity contribution in [2.75, 3.05) is 13.2 Å². The van der Waals surface area contributed by atoms with Gasteiger partial charge in [0.15, 0.2) is 0 Å². The highest BCUT2D eigenvalue weighted by Gasteiger charge is 2.04. The van der Waals surface area contributed by atoms with E-state index in [4.69, 9.17) is 10.5 Å². The van der Waals surface area contributed by atoms with Crippen LogP contribution in [-0.4, -0.2) is 13.2 Å². The number of ether oxygens (including phenoxy) is 1. The zero-order chi connectivity index (χ0) is 11.1. The summed E-state index contributed by atoms with van der Waals surface area (Å²) in [4.78, 5) is 0. The van der Waals surface area contributed by atoms with Gasteiger partial charge in [-0.25, -0.2) is 4.39 Å². The average Bonchev–Trinajstić information content (AvgIpc) is 2.22. The van der Waals surface area contributed by atoms with Crippen molar-refractivity contribution >= 4 is 0 Å². The molecule has 0 spiro atoms. The number of rotatable bonds is 6. The summed E-state index contributed by atoms with van der Waals surface area (Å²) in [6, 6.07) is 4.50. The van der Waals surface area contributed by atoms with E-state index in [1.165, 1.54) is 12.1 Å².